The van der Waals surface area contributed by atoms with E-state index in [1.54, 1.807) is 0 Å². The molecule has 3 aromatic rings. The van der Waals surface area contributed by atoms with Gasteiger partial charge in [-0.3, -0.25) is 0 Å². The van der Waals surface area contributed by atoms with Gasteiger partial charge in [0.05, 0.1) is 5.69 Å². The molecular formula is C20H13NO. The summed E-state index contributed by atoms with van der Waals surface area (Å²) in [6.07, 6.45) is 11.2. The average molecular weight is 283 g/mol. The largest absolute Gasteiger partial charge is 0.454 e. The fraction of sp³-hybridized carbons (Fsp3) is 0.100. The van der Waals surface area contributed by atoms with Crippen molar-refractivity contribution in [3.05, 3.63) is 71.5 Å². The van der Waals surface area contributed by atoms with Gasteiger partial charge < -0.3 is 9.73 Å². The summed E-state index contributed by atoms with van der Waals surface area (Å²) < 4.78 is 6.18. The predicted octanol–water partition coefficient (Wildman–Crippen LogP) is 5.19. The molecule has 2 heterocycles. The van der Waals surface area contributed by atoms with Crippen LogP contribution < -0.4 is 5.32 Å². The van der Waals surface area contributed by atoms with Crippen LogP contribution in [-0.4, -0.2) is 0 Å². The summed E-state index contributed by atoms with van der Waals surface area (Å²) in [6, 6.07) is 10.6. The number of hydrogen-bond acceptors (Lipinski definition) is 2. The molecule has 0 saturated carbocycles. The van der Waals surface area contributed by atoms with Crippen LogP contribution >= 0.6 is 0 Å². The maximum absolute atomic E-state index is 6.18. The zero-order valence-corrected chi connectivity index (χ0v) is 11.8. The maximum Gasteiger partial charge on any atom is 0.159 e. The Morgan fingerprint density at radius 3 is 3.00 bits per heavy atom. The molecule has 0 spiro atoms. The number of rotatable bonds is 0. The smallest absolute Gasteiger partial charge is 0.159 e. The zero-order valence-electron chi connectivity index (χ0n) is 11.8. The highest BCUT2D eigenvalue weighted by Crippen LogP contribution is 2.53. The van der Waals surface area contributed by atoms with Crippen LogP contribution in [0.3, 0.4) is 0 Å². The summed E-state index contributed by atoms with van der Waals surface area (Å²) in [5.41, 5.74) is 7.12. The van der Waals surface area contributed by atoms with E-state index in [0.29, 0.717) is 11.8 Å². The highest BCUT2D eigenvalue weighted by molar-refractivity contribution is 6.11. The molecule has 0 radical (unpaired) electrons. The number of allylic oxidation sites excluding steroid dienone is 5. The van der Waals surface area contributed by atoms with Crippen LogP contribution in [0, 0.1) is 5.92 Å². The van der Waals surface area contributed by atoms with Gasteiger partial charge in [0.15, 0.2) is 5.58 Å². The van der Waals surface area contributed by atoms with Crippen molar-refractivity contribution in [2.75, 3.05) is 5.32 Å². The number of fused-ring (bicyclic) bond motifs is 4. The lowest BCUT2D eigenvalue weighted by molar-refractivity contribution is 0.667. The summed E-state index contributed by atoms with van der Waals surface area (Å²) in [7, 11) is 0. The first-order valence-electron chi connectivity index (χ1n) is 7.72. The molecule has 2 unspecified atom stereocenters. The second-order valence-electron chi connectivity index (χ2n) is 6.28. The van der Waals surface area contributed by atoms with Crippen molar-refractivity contribution in [3.8, 4) is 0 Å². The number of hydrogen-bond donors (Lipinski definition) is 1. The van der Waals surface area contributed by atoms with E-state index in [4.69, 9.17) is 4.42 Å². The van der Waals surface area contributed by atoms with Crippen LogP contribution in [0.1, 0.15) is 17.0 Å². The first kappa shape index (κ1) is 10.9. The van der Waals surface area contributed by atoms with Crippen LogP contribution in [0.15, 0.2) is 64.8 Å². The Bertz CT molecular complexity index is 1060. The average Bonchev–Trinajstić information content (AvgIpc) is 3.12. The minimum absolute atomic E-state index is 0.428. The van der Waals surface area contributed by atoms with Crippen molar-refractivity contribution in [2.24, 2.45) is 5.92 Å². The van der Waals surface area contributed by atoms with Crippen molar-refractivity contribution in [1.29, 1.82) is 0 Å². The molecule has 3 aliphatic rings. The minimum atomic E-state index is 0.428. The van der Waals surface area contributed by atoms with Gasteiger partial charge in [-0.1, -0.05) is 42.5 Å². The summed E-state index contributed by atoms with van der Waals surface area (Å²) in [5, 5.41) is 6.02. The molecule has 1 aromatic heterocycles. The van der Waals surface area contributed by atoms with Crippen molar-refractivity contribution < 1.29 is 4.42 Å². The number of nitrogens with one attached hydrogen (secondary N) is 1. The van der Waals surface area contributed by atoms with E-state index >= 15 is 0 Å². The first-order valence-corrected chi connectivity index (χ1v) is 7.72. The topological polar surface area (TPSA) is 25.2 Å². The van der Waals surface area contributed by atoms with Gasteiger partial charge in [0, 0.05) is 28.3 Å². The normalized spacial score (nSPS) is 23.7. The summed E-state index contributed by atoms with van der Waals surface area (Å²) in [6.45, 7) is 0. The maximum atomic E-state index is 6.18. The van der Waals surface area contributed by atoms with Gasteiger partial charge >= 0.3 is 0 Å². The summed E-state index contributed by atoms with van der Waals surface area (Å²) in [5.74, 6) is 0.890. The van der Waals surface area contributed by atoms with E-state index in [9.17, 15) is 0 Å². The Balaban J connectivity index is 1.80. The van der Waals surface area contributed by atoms with Gasteiger partial charge in [0.1, 0.15) is 5.58 Å². The first-order chi connectivity index (χ1) is 10.9. The lowest BCUT2D eigenvalue weighted by Crippen LogP contribution is -2.15. The lowest BCUT2D eigenvalue weighted by Gasteiger charge is -2.26. The van der Waals surface area contributed by atoms with E-state index in [1.165, 1.54) is 27.6 Å². The van der Waals surface area contributed by atoms with Crippen molar-refractivity contribution in [2.45, 2.75) is 5.92 Å². The Morgan fingerprint density at radius 2 is 2.00 bits per heavy atom. The number of para-hydroxylation sites is 1. The van der Waals surface area contributed by atoms with E-state index < -0.39 is 0 Å². The second kappa shape index (κ2) is 3.53. The van der Waals surface area contributed by atoms with Gasteiger partial charge in [-0.2, -0.15) is 0 Å². The van der Waals surface area contributed by atoms with Crippen LogP contribution in [0.2, 0.25) is 0 Å². The molecule has 22 heavy (non-hydrogen) atoms. The molecule has 0 saturated heterocycles. The van der Waals surface area contributed by atoms with Gasteiger partial charge in [0.2, 0.25) is 0 Å². The van der Waals surface area contributed by atoms with Gasteiger partial charge in [0.25, 0.3) is 0 Å². The molecule has 2 aromatic carbocycles. The highest BCUT2D eigenvalue weighted by atomic mass is 16.3. The molecule has 0 fully saturated rings. The lowest BCUT2D eigenvalue weighted by atomic mass is 9.77. The monoisotopic (exact) mass is 283 g/mol. The summed E-state index contributed by atoms with van der Waals surface area (Å²) >= 11 is 0. The standard InChI is InChI=1S/C20H13NO/c1-2-7-16-13(5-1)14-10-12-9-8-11-4-3-6-15-17(11)18(12)19(21-15)20(14)22-16/h1-11,17,21H. The molecule has 2 atom stereocenters. The third-order valence-electron chi connectivity index (χ3n) is 5.15. The third-order valence-corrected chi connectivity index (χ3v) is 5.15. The molecule has 0 amide bonds. The fourth-order valence-electron chi connectivity index (χ4n) is 4.20. The van der Waals surface area contributed by atoms with E-state index in [1.807, 2.05) is 12.1 Å². The van der Waals surface area contributed by atoms with Gasteiger partial charge in [-0.25, -0.2) is 0 Å². The van der Waals surface area contributed by atoms with Gasteiger partial charge in [-0.05, 0) is 29.3 Å². The third kappa shape index (κ3) is 1.14. The molecular weight excluding hydrogens is 270 g/mol. The van der Waals surface area contributed by atoms with E-state index in [2.05, 4.69) is 53.9 Å². The molecule has 0 bridgehead atoms. The number of furan rings is 1. The number of benzene rings is 2. The minimum Gasteiger partial charge on any atom is -0.454 e. The van der Waals surface area contributed by atoms with E-state index in [-0.39, 0.29) is 0 Å². The molecule has 104 valence electrons. The van der Waals surface area contributed by atoms with Crippen LogP contribution in [0.25, 0.3) is 28.0 Å². The SMILES string of the molecule is C1=CC2C=Cc3cc4c(oc5ccccc54)c4c3C2C(=C1)N4. The molecule has 2 nitrogen and oxygen atoms in total. The second-order valence-corrected chi connectivity index (χ2v) is 6.28. The van der Waals surface area contributed by atoms with E-state index in [0.717, 1.165) is 16.9 Å². The molecule has 6 rings (SSSR count). The molecule has 1 aliphatic heterocycles. The van der Waals surface area contributed by atoms with Crippen molar-refractivity contribution in [1.82, 2.24) is 0 Å². The van der Waals surface area contributed by atoms with Crippen LogP contribution in [-0.2, 0) is 0 Å². The molecule has 2 aliphatic carbocycles. The highest BCUT2D eigenvalue weighted by Gasteiger charge is 2.38. The van der Waals surface area contributed by atoms with Crippen LogP contribution in [0.5, 0.6) is 0 Å². The molecule has 2 heteroatoms. The molecule has 1 N–H and O–H groups in total. The Kier molecular flexibility index (Phi) is 1.75. The fourth-order valence-corrected chi connectivity index (χ4v) is 4.20. The predicted molar refractivity (Wildman–Crippen MR) is 89.8 cm³/mol. The quantitative estimate of drug-likeness (QED) is 0.614. The Labute approximate surface area is 127 Å². The summed E-state index contributed by atoms with van der Waals surface area (Å²) in [4.78, 5) is 0. The Morgan fingerprint density at radius 1 is 1.05 bits per heavy atom. The van der Waals surface area contributed by atoms with Crippen molar-refractivity contribution >= 4 is 33.7 Å². The Hall–Kier alpha value is -2.74. The number of anilines is 1. The van der Waals surface area contributed by atoms with Crippen LogP contribution in [0.4, 0.5) is 5.69 Å². The zero-order chi connectivity index (χ0) is 14.3. The van der Waals surface area contributed by atoms with Crippen molar-refractivity contribution in [3.63, 3.8) is 0 Å². The van der Waals surface area contributed by atoms with Gasteiger partial charge in [-0.15, -0.1) is 0 Å².